The molecular formula is C9H9N2O. The van der Waals surface area contributed by atoms with Crippen LogP contribution in [0.25, 0.3) is 11.2 Å². The zero-order valence-corrected chi connectivity index (χ0v) is 6.66. The van der Waals surface area contributed by atoms with Gasteiger partial charge in [-0.2, -0.15) is 4.98 Å². The highest BCUT2D eigenvalue weighted by atomic mass is 16.3. The zero-order valence-electron chi connectivity index (χ0n) is 6.66. The third-order valence-corrected chi connectivity index (χ3v) is 1.60. The molecule has 3 nitrogen and oxygen atoms in total. The molecule has 0 aliphatic rings. The molecule has 2 aromatic heterocycles. The van der Waals surface area contributed by atoms with Crippen LogP contribution in [0.1, 0.15) is 12.3 Å². The SMILES string of the molecule is [CH2]CCc1nc2ncccc2o1. The summed E-state index contributed by atoms with van der Waals surface area (Å²) in [5, 5.41) is 0. The predicted octanol–water partition coefficient (Wildman–Crippen LogP) is 1.99. The van der Waals surface area contributed by atoms with E-state index in [1.807, 2.05) is 12.1 Å². The van der Waals surface area contributed by atoms with Crippen molar-refractivity contribution < 1.29 is 4.42 Å². The fourth-order valence-corrected chi connectivity index (χ4v) is 1.07. The average Bonchev–Trinajstić information content (AvgIpc) is 2.47. The zero-order chi connectivity index (χ0) is 8.39. The Morgan fingerprint density at radius 3 is 3.17 bits per heavy atom. The molecule has 3 heteroatoms. The molecule has 0 N–H and O–H groups in total. The van der Waals surface area contributed by atoms with Crippen LogP contribution in [0.3, 0.4) is 0 Å². The van der Waals surface area contributed by atoms with E-state index in [1.54, 1.807) is 6.20 Å². The van der Waals surface area contributed by atoms with Crippen molar-refractivity contribution >= 4 is 11.2 Å². The largest absolute Gasteiger partial charge is 0.439 e. The molecule has 0 bridgehead atoms. The quantitative estimate of drug-likeness (QED) is 0.676. The Kier molecular flexibility index (Phi) is 1.78. The molecule has 0 unspecified atom stereocenters. The van der Waals surface area contributed by atoms with E-state index < -0.39 is 0 Å². The van der Waals surface area contributed by atoms with Gasteiger partial charge in [0, 0.05) is 12.6 Å². The third-order valence-electron chi connectivity index (χ3n) is 1.60. The van der Waals surface area contributed by atoms with Gasteiger partial charge in [-0.25, -0.2) is 4.98 Å². The summed E-state index contributed by atoms with van der Waals surface area (Å²) in [6.45, 7) is 3.73. The molecule has 0 saturated carbocycles. The number of fused-ring (bicyclic) bond motifs is 1. The predicted molar refractivity (Wildman–Crippen MR) is 45.5 cm³/mol. The van der Waals surface area contributed by atoms with E-state index in [0.717, 1.165) is 24.3 Å². The van der Waals surface area contributed by atoms with Crippen LogP contribution >= 0.6 is 0 Å². The van der Waals surface area contributed by atoms with Crippen molar-refractivity contribution in [2.75, 3.05) is 0 Å². The van der Waals surface area contributed by atoms with E-state index in [-0.39, 0.29) is 0 Å². The maximum Gasteiger partial charge on any atom is 0.198 e. The molecular weight excluding hydrogens is 152 g/mol. The topological polar surface area (TPSA) is 38.9 Å². The normalized spacial score (nSPS) is 10.8. The molecule has 0 aromatic carbocycles. The Labute approximate surface area is 70.4 Å². The van der Waals surface area contributed by atoms with Gasteiger partial charge in [-0.3, -0.25) is 0 Å². The third kappa shape index (κ3) is 1.18. The van der Waals surface area contributed by atoms with Gasteiger partial charge in [0.25, 0.3) is 0 Å². The molecule has 0 aliphatic carbocycles. The van der Waals surface area contributed by atoms with Gasteiger partial charge in [0.1, 0.15) is 0 Å². The standard InChI is InChI=1S/C9H9N2O/c1-2-4-8-11-9-7(12-8)5-3-6-10-9/h3,5-6H,1-2,4H2. The van der Waals surface area contributed by atoms with Gasteiger partial charge in [0.2, 0.25) is 0 Å². The smallest absolute Gasteiger partial charge is 0.198 e. The fourth-order valence-electron chi connectivity index (χ4n) is 1.07. The molecule has 2 heterocycles. The Balaban J connectivity index is 2.47. The number of hydrogen-bond donors (Lipinski definition) is 0. The van der Waals surface area contributed by atoms with Crippen molar-refractivity contribution in [1.82, 2.24) is 9.97 Å². The minimum atomic E-state index is 0.681. The second-order valence-corrected chi connectivity index (χ2v) is 2.54. The van der Waals surface area contributed by atoms with Gasteiger partial charge in [-0.1, -0.05) is 6.92 Å². The molecule has 12 heavy (non-hydrogen) atoms. The van der Waals surface area contributed by atoms with E-state index in [4.69, 9.17) is 4.42 Å². The molecule has 0 amide bonds. The molecule has 0 aliphatic heterocycles. The van der Waals surface area contributed by atoms with E-state index in [2.05, 4.69) is 16.9 Å². The lowest BCUT2D eigenvalue weighted by molar-refractivity contribution is 0.530. The van der Waals surface area contributed by atoms with Crippen LogP contribution in [0.5, 0.6) is 0 Å². The highest BCUT2D eigenvalue weighted by Gasteiger charge is 2.03. The van der Waals surface area contributed by atoms with Crippen LogP contribution in [0.4, 0.5) is 0 Å². The van der Waals surface area contributed by atoms with E-state index >= 15 is 0 Å². The maximum atomic E-state index is 5.39. The summed E-state index contributed by atoms with van der Waals surface area (Å²) in [4.78, 5) is 8.24. The van der Waals surface area contributed by atoms with E-state index in [9.17, 15) is 0 Å². The monoisotopic (exact) mass is 161 g/mol. The van der Waals surface area contributed by atoms with Crippen LogP contribution in [0.15, 0.2) is 22.7 Å². The lowest BCUT2D eigenvalue weighted by Crippen LogP contribution is -1.81. The number of hydrogen-bond acceptors (Lipinski definition) is 3. The molecule has 2 rings (SSSR count). The summed E-state index contributed by atoms with van der Waals surface area (Å²) in [6.07, 6.45) is 3.28. The number of pyridine rings is 1. The van der Waals surface area contributed by atoms with Crippen molar-refractivity contribution in [3.63, 3.8) is 0 Å². The Morgan fingerprint density at radius 1 is 1.50 bits per heavy atom. The van der Waals surface area contributed by atoms with Gasteiger partial charge < -0.3 is 4.42 Å². The molecule has 0 saturated heterocycles. The lowest BCUT2D eigenvalue weighted by atomic mass is 10.3. The first-order valence-electron chi connectivity index (χ1n) is 3.90. The summed E-state index contributed by atoms with van der Waals surface area (Å²) in [7, 11) is 0. The average molecular weight is 161 g/mol. The van der Waals surface area contributed by atoms with Crippen LogP contribution in [0.2, 0.25) is 0 Å². The fraction of sp³-hybridized carbons (Fsp3) is 0.222. The number of oxazole rings is 1. The second-order valence-electron chi connectivity index (χ2n) is 2.54. The Bertz CT molecular complexity index is 348. The first kappa shape index (κ1) is 7.28. The van der Waals surface area contributed by atoms with Gasteiger partial charge in [-0.15, -0.1) is 0 Å². The van der Waals surface area contributed by atoms with Gasteiger partial charge >= 0.3 is 0 Å². The molecule has 61 valence electrons. The summed E-state index contributed by atoms with van der Waals surface area (Å²) in [5.74, 6) is 0.721. The summed E-state index contributed by atoms with van der Waals surface area (Å²) >= 11 is 0. The Hall–Kier alpha value is -1.38. The van der Waals surface area contributed by atoms with Gasteiger partial charge in [0.05, 0.1) is 0 Å². The minimum absolute atomic E-state index is 0.681. The van der Waals surface area contributed by atoms with Crippen LogP contribution in [-0.4, -0.2) is 9.97 Å². The summed E-state index contributed by atoms with van der Waals surface area (Å²) in [6, 6.07) is 3.70. The van der Waals surface area contributed by atoms with Crippen molar-refractivity contribution in [2.24, 2.45) is 0 Å². The first-order valence-corrected chi connectivity index (χ1v) is 3.90. The number of aromatic nitrogens is 2. The van der Waals surface area contributed by atoms with Crippen molar-refractivity contribution in [3.8, 4) is 0 Å². The number of rotatable bonds is 2. The van der Waals surface area contributed by atoms with E-state index in [1.165, 1.54) is 0 Å². The first-order chi connectivity index (χ1) is 5.90. The highest BCUT2D eigenvalue weighted by Crippen LogP contribution is 2.12. The summed E-state index contributed by atoms with van der Waals surface area (Å²) in [5.41, 5.74) is 1.43. The molecule has 0 spiro atoms. The molecule has 1 radical (unpaired) electrons. The molecule has 0 fully saturated rings. The van der Waals surface area contributed by atoms with Gasteiger partial charge in [0.15, 0.2) is 17.1 Å². The van der Waals surface area contributed by atoms with Crippen molar-refractivity contribution in [2.45, 2.75) is 12.8 Å². The Morgan fingerprint density at radius 2 is 2.42 bits per heavy atom. The number of nitrogens with zero attached hydrogens (tertiary/aromatic N) is 2. The second kappa shape index (κ2) is 2.93. The minimum Gasteiger partial charge on any atom is -0.439 e. The number of aryl methyl sites for hydroxylation is 1. The van der Waals surface area contributed by atoms with Crippen molar-refractivity contribution in [3.05, 3.63) is 31.1 Å². The van der Waals surface area contributed by atoms with Crippen molar-refractivity contribution in [1.29, 1.82) is 0 Å². The highest BCUT2D eigenvalue weighted by molar-refractivity contribution is 5.66. The van der Waals surface area contributed by atoms with Gasteiger partial charge in [-0.05, 0) is 18.6 Å². The lowest BCUT2D eigenvalue weighted by Gasteiger charge is -1.84. The molecule has 2 aromatic rings. The van der Waals surface area contributed by atoms with Crippen LogP contribution < -0.4 is 0 Å². The van der Waals surface area contributed by atoms with Crippen LogP contribution in [0, 0.1) is 6.92 Å². The van der Waals surface area contributed by atoms with Crippen LogP contribution in [-0.2, 0) is 6.42 Å². The summed E-state index contributed by atoms with van der Waals surface area (Å²) < 4.78 is 5.39. The molecule has 0 atom stereocenters. The van der Waals surface area contributed by atoms with E-state index in [0.29, 0.717) is 5.65 Å². The maximum absolute atomic E-state index is 5.39.